The van der Waals surface area contributed by atoms with Crippen LogP contribution in [0.4, 0.5) is 0 Å². The van der Waals surface area contributed by atoms with Crippen LogP contribution in [0.15, 0.2) is 92.2 Å². The molecule has 5 nitrogen and oxygen atoms in total. The Bertz CT molecular complexity index is 847. The van der Waals surface area contributed by atoms with Crippen LogP contribution in [-0.2, 0) is 0 Å². The summed E-state index contributed by atoms with van der Waals surface area (Å²) >= 11 is 0. The van der Waals surface area contributed by atoms with Gasteiger partial charge in [0.1, 0.15) is 6.33 Å². The molecule has 0 N–H and O–H groups in total. The van der Waals surface area contributed by atoms with Crippen LogP contribution >= 0.6 is 0 Å². The molecule has 0 aliphatic carbocycles. The van der Waals surface area contributed by atoms with Gasteiger partial charge in [0.05, 0.1) is 0 Å². The highest BCUT2D eigenvalue weighted by Gasteiger charge is 1.97. The van der Waals surface area contributed by atoms with E-state index in [4.69, 9.17) is 0 Å². The fraction of sp³-hybridized carbons (Fsp3) is 0.513. The van der Waals surface area contributed by atoms with Gasteiger partial charge in [-0.15, -0.1) is 0 Å². The quantitative estimate of drug-likeness (QED) is 0.231. The maximum Gasteiger partial charge on any atom is 0.115 e. The summed E-state index contributed by atoms with van der Waals surface area (Å²) in [5, 5.41) is 0. The molecule has 0 unspecified atom stereocenters. The van der Waals surface area contributed by atoms with Gasteiger partial charge in [0.25, 0.3) is 0 Å². The lowest BCUT2D eigenvalue weighted by Gasteiger charge is -2.01. The highest BCUT2D eigenvalue weighted by atomic mass is 14.8. The summed E-state index contributed by atoms with van der Waals surface area (Å²) in [6.07, 6.45) is 14.4. The maximum absolute atomic E-state index is 4.18. The molecule has 0 bridgehead atoms. The van der Waals surface area contributed by atoms with Crippen LogP contribution in [0, 0.1) is 0 Å². The van der Waals surface area contributed by atoms with Crippen molar-refractivity contribution in [3.8, 4) is 0 Å². The number of aromatic nitrogens is 5. The Labute approximate surface area is 273 Å². The van der Waals surface area contributed by atoms with Gasteiger partial charge in [-0.2, -0.15) is 0 Å². The monoisotopic (exact) mass is 606 g/mol. The van der Waals surface area contributed by atoms with Crippen molar-refractivity contribution in [1.29, 1.82) is 0 Å². The Balaban J connectivity index is -0.000000225. The van der Waals surface area contributed by atoms with Crippen molar-refractivity contribution in [1.82, 2.24) is 24.9 Å². The van der Waals surface area contributed by atoms with E-state index in [0.29, 0.717) is 23.7 Å². The first kappa shape index (κ1) is 47.5. The summed E-state index contributed by atoms with van der Waals surface area (Å²) in [5.74, 6) is 2.30. The molecule has 0 aliphatic heterocycles. The second-order valence-electron chi connectivity index (χ2n) is 9.61. The van der Waals surface area contributed by atoms with Gasteiger partial charge in [-0.25, -0.2) is 9.97 Å². The molecule has 4 heterocycles. The standard InChI is InChI=1S/3C8H11N.C7H10N2.4C2H6/c1-7(2)8-3-5-9-6-4-8;1-7(2)8-4-3-5-9-6-8;1-7(2)8-5-3-4-6-9-8;1-6(2)7-3-8-5-9-4-7;4*1-2/h3*3-7H,1-2H3;3-6H,1-2H3;4*1-2H3. The lowest BCUT2D eigenvalue weighted by atomic mass is 10.1. The average Bonchev–Trinajstić information content (AvgIpc) is 3.11. The van der Waals surface area contributed by atoms with Crippen molar-refractivity contribution in [3.05, 3.63) is 115 Å². The van der Waals surface area contributed by atoms with E-state index >= 15 is 0 Å². The molecule has 5 heteroatoms. The average molecular weight is 606 g/mol. The zero-order chi connectivity index (χ0) is 34.8. The molecule has 0 fully saturated rings. The smallest absolute Gasteiger partial charge is 0.115 e. The number of hydrogen-bond acceptors (Lipinski definition) is 5. The van der Waals surface area contributed by atoms with Crippen molar-refractivity contribution in [2.24, 2.45) is 0 Å². The third-order valence-electron chi connectivity index (χ3n) is 5.25. The van der Waals surface area contributed by atoms with E-state index in [2.05, 4.69) is 86.4 Å². The fourth-order valence-electron chi connectivity index (χ4n) is 2.79. The van der Waals surface area contributed by atoms with Crippen molar-refractivity contribution >= 4 is 0 Å². The molecule has 0 atom stereocenters. The summed E-state index contributed by atoms with van der Waals surface area (Å²) in [4.78, 5) is 19.9. The third kappa shape index (κ3) is 27.4. The highest BCUT2D eigenvalue weighted by Crippen LogP contribution is 2.12. The second kappa shape index (κ2) is 35.7. The molecule has 0 saturated carbocycles. The van der Waals surface area contributed by atoms with Crippen molar-refractivity contribution < 1.29 is 0 Å². The first-order valence-electron chi connectivity index (χ1n) is 16.7. The number of pyridine rings is 3. The van der Waals surface area contributed by atoms with E-state index in [1.54, 1.807) is 12.5 Å². The molecule has 0 aliphatic rings. The molecule has 0 saturated heterocycles. The predicted molar refractivity (Wildman–Crippen MR) is 196 cm³/mol. The van der Waals surface area contributed by atoms with Gasteiger partial charge in [-0.05, 0) is 70.7 Å². The Hall–Kier alpha value is -3.47. The van der Waals surface area contributed by atoms with E-state index in [-0.39, 0.29) is 0 Å². The molecular weight excluding hydrogens is 538 g/mol. The van der Waals surface area contributed by atoms with Gasteiger partial charge < -0.3 is 0 Å². The molecule has 0 aromatic carbocycles. The van der Waals surface area contributed by atoms with E-state index in [1.807, 2.05) is 129 Å². The number of hydrogen-bond donors (Lipinski definition) is 0. The summed E-state index contributed by atoms with van der Waals surface area (Å²) < 4.78 is 0. The Morgan fingerprint density at radius 3 is 1.14 bits per heavy atom. The van der Waals surface area contributed by atoms with Crippen molar-refractivity contribution in [3.63, 3.8) is 0 Å². The fourth-order valence-corrected chi connectivity index (χ4v) is 2.79. The van der Waals surface area contributed by atoms with E-state index in [1.165, 1.54) is 16.7 Å². The molecule has 4 aromatic rings. The van der Waals surface area contributed by atoms with Gasteiger partial charge >= 0.3 is 0 Å². The van der Waals surface area contributed by atoms with Crippen LogP contribution in [0.5, 0.6) is 0 Å². The predicted octanol–water partition coefficient (Wildman–Crippen LogP) is 12.3. The van der Waals surface area contributed by atoms with E-state index in [0.717, 1.165) is 5.69 Å². The van der Waals surface area contributed by atoms with Crippen LogP contribution in [0.25, 0.3) is 0 Å². The normalized spacial score (nSPS) is 8.82. The van der Waals surface area contributed by atoms with E-state index in [9.17, 15) is 0 Å². The molecule has 248 valence electrons. The Morgan fingerprint density at radius 2 is 0.864 bits per heavy atom. The lowest BCUT2D eigenvalue weighted by molar-refractivity contribution is 0.823. The summed E-state index contributed by atoms with van der Waals surface area (Å²) in [6.45, 7) is 33.2. The molecule has 4 rings (SSSR count). The molecule has 0 radical (unpaired) electrons. The van der Waals surface area contributed by atoms with Gasteiger partial charge in [0, 0.05) is 49.1 Å². The van der Waals surface area contributed by atoms with Gasteiger partial charge in [0.15, 0.2) is 0 Å². The first-order chi connectivity index (χ1) is 21.2. The van der Waals surface area contributed by atoms with E-state index < -0.39 is 0 Å². The van der Waals surface area contributed by atoms with Gasteiger partial charge in [-0.1, -0.05) is 123 Å². The zero-order valence-electron chi connectivity index (χ0n) is 31.2. The van der Waals surface area contributed by atoms with Crippen LogP contribution in [-0.4, -0.2) is 24.9 Å². The highest BCUT2D eigenvalue weighted by molar-refractivity contribution is 5.13. The van der Waals surface area contributed by atoms with Crippen molar-refractivity contribution in [2.75, 3.05) is 0 Å². The Morgan fingerprint density at radius 1 is 0.386 bits per heavy atom. The van der Waals surface area contributed by atoms with Crippen molar-refractivity contribution in [2.45, 2.75) is 134 Å². The number of nitrogens with zero attached hydrogens (tertiary/aromatic N) is 5. The summed E-state index contributed by atoms with van der Waals surface area (Å²) in [6, 6.07) is 14.2. The molecular formula is C39H67N5. The molecule has 0 spiro atoms. The first-order valence-corrected chi connectivity index (χ1v) is 16.7. The third-order valence-corrected chi connectivity index (χ3v) is 5.25. The summed E-state index contributed by atoms with van der Waals surface area (Å²) in [5.41, 5.74) is 5.01. The molecule has 4 aromatic heterocycles. The van der Waals surface area contributed by atoms with Crippen LogP contribution in [0.1, 0.15) is 157 Å². The van der Waals surface area contributed by atoms with Crippen LogP contribution in [0.2, 0.25) is 0 Å². The summed E-state index contributed by atoms with van der Waals surface area (Å²) in [7, 11) is 0. The number of rotatable bonds is 4. The van der Waals surface area contributed by atoms with Gasteiger partial charge in [0.2, 0.25) is 0 Å². The molecule has 44 heavy (non-hydrogen) atoms. The lowest BCUT2D eigenvalue weighted by Crippen LogP contribution is -1.88. The SMILES string of the molecule is CC.CC.CC.CC.CC(C)c1ccccn1.CC(C)c1cccnc1.CC(C)c1ccncc1.CC(C)c1cncnc1. The van der Waals surface area contributed by atoms with Crippen LogP contribution in [0.3, 0.4) is 0 Å². The Kier molecular flexibility index (Phi) is 38.5. The van der Waals surface area contributed by atoms with Gasteiger partial charge in [-0.3, -0.25) is 15.0 Å². The minimum Gasteiger partial charge on any atom is -0.265 e. The largest absolute Gasteiger partial charge is 0.265 e. The minimum atomic E-state index is 0.534. The van der Waals surface area contributed by atoms with Crippen LogP contribution < -0.4 is 0 Å². The maximum atomic E-state index is 4.18. The topological polar surface area (TPSA) is 64.5 Å². The molecule has 0 amide bonds. The zero-order valence-corrected chi connectivity index (χ0v) is 31.2. The second-order valence-corrected chi connectivity index (χ2v) is 9.61. The minimum absolute atomic E-state index is 0.534.